The minimum absolute atomic E-state index is 0.0557. The quantitative estimate of drug-likeness (QED) is 0.221. The Morgan fingerprint density at radius 2 is 1.67 bits per heavy atom. The normalized spacial score (nSPS) is 18.0. The van der Waals surface area contributed by atoms with E-state index in [0.29, 0.717) is 17.9 Å². The summed E-state index contributed by atoms with van der Waals surface area (Å²) in [6, 6.07) is 26.1. The number of urea groups is 1. The molecule has 0 aliphatic carbocycles. The van der Waals surface area contributed by atoms with E-state index in [9.17, 15) is 24.5 Å². The maximum absolute atomic E-state index is 14.2. The van der Waals surface area contributed by atoms with Crippen LogP contribution in [0.4, 0.5) is 10.5 Å². The summed E-state index contributed by atoms with van der Waals surface area (Å²) in [5, 5.41) is 19.3. The summed E-state index contributed by atoms with van der Waals surface area (Å²) >= 11 is 0. The molecule has 0 radical (unpaired) electrons. The molecule has 0 unspecified atom stereocenters. The van der Waals surface area contributed by atoms with E-state index < -0.39 is 23.2 Å². The predicted octanol–water partition coefficient (Wildman–Crippen LogP) is 3.94. The lowest BCUT2D eigenvalue weighted by atomic mass is 9.99. The lowest BCUT2D eigenvalue weighted by Gasteiger charge is -2.46. The van der Waals surface area contributed by atoms with Gasteiger partial charge in [-0.1, -0.05) is 66.7 Å². The third-order valence-corrected chi connectivity index (χ3v) is 8.67. The van der Waals surface area contributed by atoms with Gasteiger partial charge in [0.15, 0.2) is 0 Å². The van der Waals surface area contributed by atoms with Crippen LogP contribution in [-0.2, 0) is 29.1 Å². The van der Waals surface area contributed by atoms with Crippen LogP contribution >= 0.6 is 0 Å². The Morgan fingerprint density at radius 1 is 0.978 bits per heavy atom. The number of hydrogen-bond acceptors (Lipinski definition) is 7. The fourth-order valence-corrected chi connectivity index (χ4v) is 6.22. The molecule has 0 spiro atoms. The second-order valence-corrected chi connectivity index (χ2v) is 11.4. The Balaban J connectivity index is 1.27. The van der Waals surface area contributed by atoms with E-state index in [1.165, 1.54) is 17.1 Å². The third-order valence-electron chi connectivity index (χ3n) is 8.67. The van der Waals surface area contributed by atoms with Crippen molar-refractivity contribution in [2.75, 3.05) is 27.2 Å². The number of amides is 4. The SMILES string of the molecule is COc1ccc(CNC(=O)N(C)N2CC(=O)N3[C@@H](Cc4ccc([N+](=O)[O-])cc4)C(=O)N(Cc4cccc5ccccc45)C[C@@H]32)cc1. The summed E-state index contributed by atoms with van der Waals surface area (Å²) in [6.45, 7) is 0.707. The summed E-state index contributed by atoms with van der Waals surface area (Å²) < 4.78 is 5.20. The zero-order valence-electron chi connectivity index (χ0n) is 25.5. The molecule has 2 aliphatic rings. The summed E-state index contributed by atoms with van der Waals surface area (Å²) in [5.41, 5.74) is 2.48. The molecule has 0 bridgehead atoms. The standard InChI is InChI=1S/C34H34N6O6/c1-36(34(43)35-19-24-12-16-28(46-2)17-13-24)38-22-32(41)39-30(18-23-10-14-27(15-11-23)40(44)45)33(42)37(21-31(38)39)20-26-8-5-7-25-6-3-4-9-29(25)26/h3-17,30-31H,18-22H2,1-2H3,(H,35,43)/t30-,31+/m0/s1. The van der Waals surface area contributed by atoms with Crippen LogP contribution in [0.1, 0.15) is 16.7 Å². The van der Waals surface area contributed by atoms with Gasteiger partial charge in [0.25, 0.3) is 5.69 Å². The molecule has 46 heavy (non-hydrogen) atoms. The Hall–Kier alpha value is -5.49. The lowest BCUT2D eigenvalue weighted by molar-refractivity contribution is -0.384. The minimum atomic E-state index is -0.858. The van der Waals surface area contributed by atoms with Gasteiger partial charge in [-0.15, -0.1) is 0 Å². The van der Waals surface area contributed by atoms with Crippen LogP contribution in [0.15, 0.2) is 91.0 Å². The molecular weight excluding hydrogens is 588 g/mol. The van der Waals surface area contributed by atoms with Crippen LogP contribution in [0.25, 0.3) is 10.8 Å². The van der Waals surface area contributed by atoms with Crippen molar-refractivity contribution in [1.29, 1.82) is 0 Å². The number of hydrazine groups is 1. The number of nitro benzene ring substituents is 1. The fraction of sp³-hybridized carbons (Fsp3) is 0.265. The van der Waals surface area contributed by atoms with Crippen molar-refractivity contribution >= 4 is 34.3 Å². The predicted molar refractivity (Wildman–Crippen MR) is 170 cm³/mol. The molecule has 2 fully saturated rings. The highest BCUT2D eigenvalue weighted by molar-refractivity contribution is 5.92. The largest absolute Gasteiger partial charge is 0.497 e. The van der Waals surface area contributed by atoms with E-state index in [-0.39, 0.29) is 43.6 Å². The lowest BCUT2D eigenvalue weighted by Crippen LogP contribution is -2.65. The number of ether oxygens (including phenoxy) is 1. The molecule has 1 N–H and O–H groups in total. The average Bonchev–Trinajstić information content (AvgIpc) is 3.40. The number of carbonyl (C=O) groups is 3. The minimum Gasteiger partial charge on any atom is -0.497 e. The van der Waals surface area contributed by atoms with Gasteiger partial charge in [0.2, 0.25) is 11.8 Å². The van der Waals surface area contributed by atoms with E-state index in [1.54, 1.807) is 41.1 Å². The number of piperazine rings is 1. The number of nitrogens with one attached hydrogen (secondary N) is 1. The number of nitrogens with zero attached hydrogens (tertiary/aromatic N) is 5. The van der Waals surface area contributed by atoms with E-state index in [0.717, 1.165) is 21.9 Å². The van der Waals surface area contributed by atoms with Crippen LogP contribution in [0.3, 0.4) is 0 Å². The van der Waals surface area contributed by atoms with Crippen LogP contribution < -0.4 is 10.1 Å². The summed E-state index contributed by atoms with van der Waals surface area (Å²) in [5.74, 6) is 0.222. The van der Waals surface area contributed by atoms with Crippen molar-refractivity contribution in [2.24, 2.45) is 0 Å². The zero-order chi connectivity index (χ0) is 32.4. The maximum atomic E-state index is 14.2. The van der Waals surface area contributed by atoms with E-state index in [4.69, 9.17) is 4.74 Å². The van der Waals surface area contributed by atoms with Gasteiger partial charge in [-0.3, -0.25) is 24.7 Å². The van der Waals surface area contributed by atoms with Gasteiger partial charge in [0, 0.05) is 38.7 Å². The molecule has 2 atom stereocenters. The Kier molecular flexibility index (Phi) is 8.53. The summed E-state index contributed by atoms with van der Waals surface area (Å²) in [6.07, 6.45) is -0.424. The fourth-order valence-electron chi connectivity index (χ4n) is 6.22. The number of hydrogen-bond donors (Lipinski definition) is 1. The first-order valence-corrected chi connectivity index (χ1v) is 14.9. The Morgan fingerprint density at radius 3 is 2.39 bits per heavy atom. The molecule has 2 saturated heterocycles. The highest BCUT2D eigenvalue weighted by atomic mass is 16.6. The van der Waals surface area contributed by atoms with Gasteiger partial charge in [-0.05, 0) is 39.6 Å². The molecule has 0 saturated carbocycles. The van der Waals surface area contributed by atoms with E-state index in [1.807, 2.05) is 66.7 Å². The summed E-state index contributed by atoms with van der Waals surface area (Å²) in [4.78, 5) is 55.1. The second-order valence-electron chi connectivity index (χ2n) is 11.4. The van der Waals surface area contributed by atoms with Gasteiger partial charge >= 0.3 is 6.03 Å². The third kappa shape index (κ3) is 6.07. The first-order valence-electron chi connectivity index (χ1n) is 14.9. The van der Waals surface area contributed by atoms with Gasteiger partial charge < -0.3 is 19.9 Å². The molecule has 0 aromatic heterocycles. The number of rotatable bonds is 9. The van der Waals surface area contributed by atoms with Crippen LogP contribution in [0.5, 0.6) is 5.75 Å². The molecule has 236 valence electrons. The molecule has 12 nitrogen and oxygen atoms in total. The number of non-ortho nitro benzene ring substituents is 1. The van der Waals surface area contributed by atoms with Crippen LogP contribution in [0, 0.1) is 10.1 Å². The molecular formula is C34H34N6O6. The number of fused-ring (bicyclic) bond motifs is 2. The van der Waals surface area contributed by atoms with Gasteiger partial charge in [0.1, 0.15) is 18.0 Å². The molecule has 12 heteroatoms. The summed E-state index contributed by atoms with van der Waals surface area (Å²) in [7, 11) is 3.20. The van der Waals surface area contributed by atoms with Crippen molar-refractivity contribution in [3.63, 3.8) is 0 Å². The average molecular weight is 623 g/mol. The van der Waals surface area contributed by atoms with Crippen molar-refractivity contribution in [2.45, 2.75) is 31.7 Å². The first-order chi connectivity index (χ1) is 22.2. The van der Waals surface area contributed by atoms with Crippen molar-refractivity contribution in [3.05, 3.63) is 118 Å². The molecule has 2 aliphatic heterocycles. The second kappa shape index (κ2) is 12.9. The molecule has 4 amide bonds. The molecule has 4 aromatic rings. The number of carbonyl (C=O) groups excluding carboxylic acids is 3. The molecule has 6 rings (SSSR count). The zero-order valence-corrected chi connectivity index (χ0v) is 25.5. The van der Waals surface area contributed by atoms with Crippen molar-refractivity contribution < 1.29 is 24.0 Å². The van der Waals surface area contributed by atoms with Crippen LogP contribution in [-0.4, -0.2) is 82.0 Å². The van der Waals surface area contributed by atoms with Gasteiger partial charge in [-0.2, -0.15) is 5.01 Å². The van der Waals surface area contributed by atoms with Gasteiger partial charge in [0.05, 0.1) is 25.1 Å². The van der Waals surface area contributed by atoms with Crippen LogP contribution in [0.2, 0.25) is 0 Å². The first kappa shape index (κ1) is 30.5. The maximum Gasteiger partial charge on any atom is 0.332 e. The highest BCUT2D eigenvalue weighted by Gasteiger charge is 2.51. The van der Waals surface area contributed by atoms with E-state index >= 15 is 0 Å². The smallest absolute Gasteiger partial charge is 0.332 e. The van der Waals surface area contributed by atoms with Crippen molar-refractivity contribution in [1.82, 2.24) is 25.1 Å². The Labute approximate surface area is 265 Å². The van der Waals surface area contributed by atoms with Crippen molar-refractivity contribution in [3.8, 4) is 5.75 Å². The molecule has 2 heterocycles. The topological polar surface area (TPSA) is 129 Å². The number of benzene rings is 4. The highest BCUT2D eigenvalue weighted by Crippen LogP contribution is 2.31. The number of methoxy groups -OCH3 is 1. The Bertz CT molecular complexity index is 1770. The molecule has 4 aromatic carbocycles. The monoisotopic (exact) mass is 622 g/mol. The van der Waals surface area contributed by atoms with Gasteiger partial charge in [-0.25, -0.2) is 4.79 Å². The number of nitro groups is 1. The van der Waals surface area contributed by atoms with E-state index in [2.05, 4.69) is 5.32 Å².